The van der Waals surface area contributed by atoms with Crippen LogP contribution in [0.2, 0.25) is 0 Å². The number of nitrogens with zero attached hydrogens (tertiary/aromatic N) is 1. The Hall–Kier alpha value is -1.13. The number of methoxy groups -OCH3 is 1. The molecular formula is C14H21NO3. The molecule has 0 bridgehead atoms. The minimum atomic E-state index is -0.458. The Kier molecular flexibility index (Phi) is 4.55. The van der Waals surface area contributed by atoms with Gasteiger partial charge in [0, 0.05) is 18.4 Å². The first-order valence-corrected chi connectivity index (χ1v) is 6.51. The van der Waals surface area contributed by atoms with Crippen LogP contribution in [0, 0.1) is 5.92 Å². The molecule has 1 unspecified atom stereocenters. The average Bonchev–Trinajstić information content (AvgIpc) is 2.36. The van der Waals surface area contributed by atoms with Crippen LogP contribution in [0.5, 0.6) is 5.75 Å². The Balaban J connectivity index is 1.83. The first-order valence-electron chi connectivity index (χ1n) is 6.51. The fourth-order valence-electron chi connectivity index (χ4n) is 2.42. The third kappa shape index (κ3) is 3.21. The van der Waals surface area contributed by atoms with Gasteiger partial charge < -0.3 is 14.6 Å². The molecule has 1 N–H and O–H groups in total. The minimum absolute atomic E-state index is 0.399. The molecular weight excluding hydrogens is 230 g/mol. The Bertz CT molecular complexity index is 377. The molecule has 1 aliphatic rings. The molecule has 4 heteroatoms. The molecule has 18 heavy (non-hydrogen) atoms. The predicted octanol–water partition coefficient (Wildman–Crippen LogP) is 2.33. The maximum Gasteiger partial charge on any atom is 0.137 e. The lowest BCUT2D eigenvalue weighted by Gasteiger charge is -2.36. The van der Waals surface area contributed by atoms with Crippen LogP contribution in [0.3, 0.4) is 0 Å². The molecule has 1 fully saturated rings. The smallest absolute Gasteiger partial charge is 0.137 e. The van der Waals surface area contributed by atoms with Crippen molar-refractivity contribution in [1.29, 1.82) is 0 Å². The van der Waals surface area contributed by atoms with Gasteiger partial charge in [0.15, 0.2) is 0 Å². The Morgan fingerprint density at radius 2 is 2.22 bits per heavy atom. The van der Waals surface area contributed by atoms with E-state index in [0.29, 0.717) is 17.8 Å². The summed E-state index contributed by atoms with van der Waals surface area (Å²) in [6, 6.07) is 1.84. The van der Waals surface area contributed by atoms with Gasteiger partial charge in [-0.3, -0.25) is 4.98 Å². The van der Waals surface area contributed by atoms with E-state index in [-0.39, 0.29) is 0 Å². The van der Waals surface area contributed by atoms with E-state index in [0.717, 1.165) is 31.4 Å². The normalized spacial score (nSPS) is 24.4. The number of ether oxygens (including phenoxy) is 2. The number of aliphatic hydroxyl groups excluding tert-OH is 1. The van der Waals surface area contributed by atoms with Gasteiger partial charge in [-0.1, -0.05) is 0 Å². The summed E-state index contributed by atoms with van der Waals surface area (Å²) < 4.78 is 10.6. The number of aliphatic hydroxyl groups is 1. The van der Waals surface area contributed by atoms with Crippen LogP contribution in [0.1, 0.15) is 37.9 Å². The highest BCUT2D eigenvalue weighted by Gasteiger charge is 2.31. The summed E-state index contributed by atoms with van der Waals surface area (Å²) in [7, 11) is 1.60. The maximum absolute atomic E-state index is 10.2. The average molecular weight is 251 g/mol. The first-order chi connectivity index (χ1) is 8.72. The second-order valence-corrected chi connectivity index (χ2v) is 4.82. The zero-order valence-corrected chi connectivity index (χ0v) is 11.0. The molecule has 1 heterocycles. The third-order valence-electron chi connectivity index (χ3n) is 3.51. The van der Waals surface area contributed by atoms with E-state index in [1.165, 1.54) is 0 Å². The lowest BCUT2D eigenvalue weighted by atomic mass is 9.78. The maximum atomic E-state index is 10.2. The summed E-state index contributed by atoms with van der Waals surface area (Å²) in [6.45, 7) is 2.80. The van der Waals surface area contributed by atoms with Gasteiger partial charge in [0.05, 0.1) is 25.5 Å². The van der Waals surface area contributed by atoms with E-state index in [9.17, 15) is 5.11 Å². The Labute approximate surface area is 108 Å². The van der Waals surface area contributed by atoms with Crippen molar-refractivity contribution in [3.63, 3.8) is 0 Å². The Morgan fingerprint density at radius 3 is 2.89 bits per heavy atom. The summed E-state index contributed by atoms with van der Waals surface area (Å²) >= 11 is 0. The van der Waals surface area contributed by atoms with Gasteiger partial charge in [-0.15, -0.1) is 0 Å². The van der Waals surface area contributed by atoms with Crippen LogP contribution >= 0.6 is 0 Å². The van der Waals surface area contributed by atoms with Gasteiger partial charge >= 0.3 is 0 Å². The van der Waals surface area contributed by atoms with Crippen LogP contribution in [0.15, 0.2) is 18.5 Å². The van der Waals surface area contributed by atoms with Crippen molar-refractivity contribution in [3.8, 4) is 5.75 Å². The Morgan fingerprint density at radius 1 is 1.44 bits per heavy atom. The molecule has 1 atom stereocenters. The highest BCUT2D eigenvalue weighted by atomic mass is 16.5. The standard InChI is InChI=1S/C14H21NO3/c1-3-18-12-4-10(5-12)6-14(16)11-7-13(17-2)9-15-8-11/h7-10,12,14,16H,3-6H2,1-2H3. The molecule has 2 rings (SSSR count). The minimum Gasteiger partial charge on any atom is -0.495 e. The van der Waals surface area contributed by atoms with Crippen LogP contribution in [0.25, 0.3) is 0 Å². The van der Waals surface area contributed by atoms with Gasteiger partial charge in [0.1, 0.15) is 5.75 Å². The molecule has 100 valence electrons. The number of rotatable bonds is 6. The fourth-order valence-corrected chi connectivity index (χ4v) is 2.42. The number of hydrogen-bond acceptors (Lipinski definition) is 4. The molecule has 1 aromatic heterocycles. The third-order valence-corrected chi connectivity index (χ3v) is 3.51. The molecule has 0 saturated heterocycles. The quantitative estimate of drug-likeness (QED) is 0.843. The number of aromatic nitrogens is 1. The van der Waals surface area contributed by atoms with Crippen molar-refractivity contribution in [2.24, 2.45) is 5.92 Å². The van der Waals surface area contributed by atoms with E-state index in [1.807, 2.05) is 13.0 Å². The SMILES string of the molecule is CCOC1CC(CC(O)c2cncc(OC)c2)C1. The van der Waals surface area contributed by atoms with Gasteiger partial charge in [-0.05, 0) is 38.2 Å². The lowest BCUT2D eigenvalue weighted by molar-refractivity contribution is -0.0380. The van der Waals surface area contributed by atoms with E-state index in [4.69, 9.17) is 9.47 Å². The second kappa shape index (κ2) is 6.16. The molecule has 0 amide bonds. The molecule has 1 saturated carbocycles. The van der Waals surface area contributed by atoms with Crippen molar-refractivity contribution in [2.45, 2.75) is 38.4 Å². The summed E-state index contributed by atoms with van der Waals surface area (Å²) in [4.78, 5) is 4.06. The molecule has 4 nitrogen and oxygen atoms in total. The second-order valence-electron chi connectivity index (χ2n) is 4.82. The molecule has 0 spiro atoms. The van der Waals surface area contributed by atoms with Crippen LogP contribution in [-0.2, 0) is 4.74 Å². The van der Waals surface area contributed by atoms with E-state index < -0.39 is 6.10 Å². The first kappa shape index (κ1) is 13.3. The van der Waals surface area contributed by atoms with Crippen LogP contribution < -0.4 is 4.74 Å². The number of hydrogen-bond donors (Lipinski definition) is 1. The summed E-state index contributed by atoms with van der Waals surface area (Å²) in [5, 5.41) is 10.2. The summed E-state index contributed by atoms with van der Waals surface area (Å²) in [6.07, 6.45) is 6.18. The summed E-state index contributed by atoms with van der Waals surface area (Å²) in [5.41, 5.74) is 0.828. The van der Waals surface area contributed by atoms with Crippen molar-refractivity contribution in [3.05, 3.63) is 24.0 Å². The van der Waals surface area contributed by atoms with Crippen LogP contribution in [0.4, 0.5) is 0 Å². The zero-order chi connectivity index (χ0) is 13.0. The fraction of sp³-hybridized carbons (Fsp3) is 0.643. The van der Waals surface area contributed by atoms with E-state index in [2.05, 4.69) is 4.98 Å². The molecule has 0 radical (unpaired) electrons. The van der Waals surface area contributed by atoms with E-state index >= 15 is 0 Å². The van der Waals surface area contributed by atoms with Gasteiger partial charge in [-0.2, -0.15) is 0 Å². The van der Waals surface area contributed by atoms with Crippen molar-refractivity contribution < 1.29 is 14.6 Å². The largest absolute Gasteiger partial charge is 0.495 e. The highest BCUT2D eigenvalue weighted by molar-refractivity contribution is 5.25. The summed E-state index contributed by atoms with van der Waals surface area (Å²) in [5.74, 6) is 1.25. The van der Waals surface area contributed by atoms with Gasteiger partial charge in [0.25, 0.3) is 0 Å². The molecule has 1 aromatic rings. The van der Waals surface area contributed by atoms with Gasteiger partial charge in [-0.25, -0.2) is 0 Å². The predicted molar refractivity (Wildman–Crippen MR) is 68.5 cm³/mol. The lowest BCUT2D eigenvalue weighted by Crippen LogP contribution is -2.32. The van der Waals surface area contributed by atoms with E-state index in [1.54, 1.807) is 19.5 Å². The van der Waals surface area contributed by atoms with Crippen molar-refractivity contribution >= 4 is 0 Å². The zero-order valence-electron chi connectivity index (χ0n) is 11.0. The molecule has 1 aliphatic carbocycles. The molecule has 0 aromatic carbocycles. The monoisotopic (exact) mass is 251 g/mol. The van der Waals surface area contributed by atoms with Crippen LogP contribution in [-0.4, -0.2) is 29.9 Å². The van der Waals surface area contributed by atoms with Crippen molar-refractivity contribution in [2.75, 3.05) is 13.7 Å². The molecule has 0 aliphatic heterocycles. The van der Waals surface area contributed by atoms with Gasteiger partial charge in [0.2, 0.25) is 0 Å². The topological polar surface area (TPSA) is 51.6 Å². The highest BCUT2D eigenvalue weighted by Crippen LogP contribution is 2.37. The number of pyridine rings is 1. The van der Waals surface area contributed by atoms with Crippen molar-refractivity contribution in [1.82, 2.24) is 4.98 Å².